The zero-order chi connectivity index (χ0) is 16.6. The van der Waals surface area contributed by atoms with Gasteiger partial charge in [-0.2, -0.15) is 5.26 Å². The molecule has 0 aromatic heterocycles. The van der Waals surface area contributed by atoms with Crippen LogP contribution in [0.2, 0.25) is 0 Å². The lowest BCUT2D eigenvalue weighted by Crippen LogP contribution is -2.28. The Morgan fingerprint density at radius 3 is 2.86 bits per heavy atom. The van der Waals surface area contributed by atoms with Crippen molar-refractivity contribution in [2.45, 2.75) is 46.5 Å². The minimum atomic E-state index is -0.914. The van der Waals surface area contributed by atoms with Gasteiger partial charge in [0, 0.05) is 12.3 Å². The fourth-order valence-corrected chi connectivity index (χ4v) is 2.61. The highest BCUT2D eigenvalue weighted by Gasteiger charge is 2.33. The van der Waals surface area contributed by atoms with Crippen LogP contribution in [-0.2, 0) is 9.53 Å². The number of carbonyl (C=O) groups excluding carboxylic acids is 1. The molecule has 1 aliphatic carbocycles. The molecule has 0 heterocycles. The summed E-state index contributed by atoms with van der Waals surface area (Å²) in [4.78, 5) is 16.6. The van der Waals surface area contributed by atoms with Gasteiger partial charge in [-0.05, 0) is 36.3 Å². The zero-order valence-electron chi connectivity index (χ0n) is 13.8. The van der Waals surface area contributed by atoms with Gasteiger partial charge in [0.1, 0.15) is 6.61 Å². The number of aliphatic hydroxyl groups is 1. The van der Waals surface area contributed by atoms with Gasteiger partial charge in [-0.15, -0.1) is 0 Å². The largest absolute Gasteiger partial charge is 0.462 e. The van der Waals surface area contributed by atoms with Crippen molar-refractivity contribution < 1.29 is 14.6 Å². The standard InChI is InChI=1S/C17H26N2O3/c1-4-5-6-19-14-9-13(10-17(2,3)11-14)15(12-18)16(21)22-8-7-20/h9,15,20H,4-8,10-11H2,1-3H3. The van der Waals surface area contributed by atoms with E-state index >= 15 is 0 Å². The Bertz CT molecular complexity index is 487. The minimum Gasteiger partial charge on any atom is -0.462 e. The first-order chi connectivity index (χ1) is 10.4. The highest BCUT2D eigenvalue weighted by molar-refractivity contribution is 5.98. The van der Waals surface area contributed by atoms with E-state index in [1.54, 1.807) is 0 Å². The first-order valence-electron chi connectivity index (χ1n) is 7.84. The number of rotatable bonds is 7. The van der Waals surface area contributed by atoms with Crippen LogP contribution in [0.5, 0.6) is 0 Å². The Morgan fingerprint density at radius 2 is 2.27 bits per heavy atom. The van der Waals surface area contributed by atoms with Crippen LogP contribution in [0, 0.1) is 22.7 Å². The molecule has 22 heavy (non-hydrogen) atoms. The third-order valence-electron chi connectivity index (χ3n) is 3.59. The van der Waals surface area contributed by atoms with Crippen LogP contribution in [0.15, 0.2) is 16.6 Å². The predicted octanol–water partition coefficient (Wildman–Crippen LogP) is 2.65. The van der Waals surface area contributed by atoms with Gasteiger partial charge in [0.2, 0.25) is 0 Å². The maximum Gasteiger partial charge on any atom is 0.327 e. The third kappa shape index (κ3) is 5.61. The average Bonchev–Trinajstić information content (AvgIpc) is 2.44. The van der Waals surface area contributed by atoms with Gasteiger partial charge in [-0.25, -0.2) is 0 Å². The minimum absolute atomic E-state index is 0.0263. The van der Waals surface area contributed by atoms with E-state index in [-0.39, 0.29) is 18.6 Å². The number of unbranched alkanes of at least 4 members (excludes halogenated alkanes) is 1. The zero-order valence-corrected chi connectivity index (χ0v) is 13.8. The van der Waals surface area contributed by atoms with Crippen LogP contribution in [-0.4, -0.2) is 36.5 Å². The number of carbonyl (C=O) groups is 1. The Hall–Kier alpha value is -1.67. The number of allylic oxidation sites excluding steroid dienone is 1. The lowest BCUT2D eigenvalue weighted by molar-refractivity contribution is -0.146. The van der Waals surface area contributed by atoms with Gasteiger partial charge in [-0.1, -0.05) is 27.2 Å². The Morgan fingerprint density at radius 1 is 1.55 bits per heavy atom. The SMILES string of the molecule is CCCCN=C1C=C(C(C#N)C(=O)OCCO)CC(C)(C)C1. The first-order valence-corrected chi connectivity index (χ1v) is 7.84. The smallest absolute Gasteiger partial charge is 0.327 e. The molecule has 1 aliphatic rings. The molecule has 0 amide bonds. The summed E-state index contributed by atoms with van der Waals surface area (Å²) in [6.45, 7) is 6.81. The third-order valence-corrected chi connectivity index (χ3v) is 3.59. The van der Waals surface area contributed by atoms with E-state index in [0.717, 1.165) is 37.1 Å². The molecule has 0 aromatic rings. The summed E-state index contributed by atoms with van der Waals surface area (Å²) >= 11 is 0. The number of aliphatic imine (C=N–C) groups is 1. The molecule has 0 aliphatic heterocycles. The number of ether oxygens (including phenoxy) is 1. The lowest BCUT2D eigenvalue weighted by Gasteiger charge is -2.31. The fourth-order valence-electron chi connectivity index (χ4n) is 2.61. The maximum absolute atomic E-state index is 12.0. The molecule has 0 saturated carbocycles. The molecule has 1 unspecified atom stereocenters. The van der Waals surface area contributed by atoms with Gasteiger partial charge in [-0.3, -0.25) is 9.79 Å². The van der Waals surface area contributed by atoms with Crippen molar-refractivity contribution in [1.82, 2.24) is 0 Å². The molecule has 0 spiro atoms. The van der Waals surface area contributed by atoms with Crippen LogP contribution in [0.3, 0.4) is 0 Å². The van der Waals surface area contributed by atoms with Crippen molar-refractivity contribution in [1.29, 1.82) is 5.26 Å². The van der Waals surface area contributed by atoms with Gasteiger partial charge in [0.15, 0.2) is 5.92 Å². The summed E-state index contributed by atoms with van der Waals surface area (Å²) in [6.07, 6.45) is 5.53. The highest BCUT2D eigenvalue weighted by atomic mass is 16.5. The molecule has 0 bridgehead atoms. The van der Waals surface area contributed by atoms with Gasteiger partial charge in [0.25, 0.3) is 0 Å². The van der Waals surface area contributed by atoms with E-state index in [1.807, 2.05) is 12.1 Å². The summed E-state index contributed by atoms with van der Waals surface area (Å²) in [7, 11) is 0. The number of nitriles is 1. The van der Waals surface area contributed by atoms with Gasteiger partial charge < -0.3 is 9.84 Å². The molecule has 0 fully saturated rings. The van der Waals surface area contributed by atoms with Crippen molar-refractivity contribution in [2.75, 3.05) is 19.8 Å². The normalized spacial score (nSPS) is 20.1. The van der Waals surface area contributed by atoms with E-state index < -0.39 is 11.9 Å². The second kappa shape index (κ2) is 8.70. The Kier molecular flexibility index (Phi) is 7.26. The second-order valence-electron chi connectivity index (χ2n) is 6.42. The van der Waals surface area contributed by atoms with Crippen LogP contribution >= 0.6 is 0 Å². The molecule has 1 atom stereocenters. The summed E-state index contributed by atoms with van der Waals surface area (Å²) in [5.41, 5.74) is 1.69. The monoisotopic (exact) mass is 306 g/mol. The lowest BCUT2D eigenvalue weighted by atomic mass is 9.73. The highest BCUT2D eigenvalue weighted by Crippen LogP contribution is 2.37. The van der Waals surface area contributed by atoms with Crippen LogP contribution in [0.4, 0.5) is 0 Å². The van der Waals surface area contributed by atoms with E-state index in [0.29, 0.717) is 6.42 Å². The summed E-state index contributed by atoms with van der Waals surface area (Å²) < 4.78 is 4.91. The molecule has 1 rings (SSSR count). The van der Waals surface area contributed by atoms with Crippen LogP contribution in [0.1, 0.15) is 46.5 Å². The number of esters is 1. The van der Waals surface area contributed by atoms with Crippen LogP contribution < -0.4 is 0 Å². The van der Waals surface area contributed by atoms with Crippen molar-refractivity contribution >= 4 is 11.7 Å². The topological polar surface area (TPSA) is 82.7 Å². The van der Waals surface area contributed by atoms with Crippen molar-refractivity contribution in [2.24, 2.45) is 16.3 Å². The predicted molar refractivity (Wildman–Crippen MR) is 85.5 cm³/mol. The molecule has 5 heteroatoms. The van der Waals surface area contributed by atoms with E-state index in [2.05, 4.69) is 25.8 Å². The molecule has 0 radical (unpaired) electrons. The number of hydrogen-bond donors (Lipinski definition) is 1. The molecule has 122 valence electrons. The average molecular weight is 306 g/mol. The first kappa shape index (κ1) is 18.4. The summed E-state index contributed by atoms with van der Waals surface area (Å²) in [5, 5.41) is 18.1. The molecule has 0 saturated heterocycles. The van der Waals surface area contributed by atoms with Gasteiger partial charge >= 0.3 is 5.97 Å². The number of aliphatic hydroxyl groups excluding tert-OH is 1. The Balaban J connectivity index is 2.95. The Labute approximate surface area is 132 Å². The van der Waals surface area contributed by atoms with Crippen molar-refractivity contribution in [3.8, 4) is 6.07 Å². The number of nitrogens with zero attached hydrogens (tertiary/aromatic N) is 2. The molecular weight excluding hydrogens is 280 g/mol. The fraction of sp³-hybridized carbons (Fsp3) is 0.706. The summed E-state index contributed by atoms with van der Waals surface area (Å²) in [5.74, 6) is -1.50. The second-order valence-corrected chi connectivity index (χ2v) is 6.42. The quantitative estimate of drug-likeness (QED) is 0.579. The summed E-state index contributed by atoms with van der Waals surface area (Å²) in [6, 6.07) is 2.03. The van der Waals surface area contributed by atoms with E-state index in [4.69, 9.17) is 9.84 Å². The number of hydrogen-bond acceptors (Lipinski definition) is 5. The molecular formula is C17H26N2O3. The van der Waals surface area contributed by atoms with Crippen molar-refractivity contribution in [3.63, 3.8) is 0 Å². The van der Waals surface area contributed by atoms with Crippen LogP contribution in [0.25, 0.3) is 0 Å². The molecule has 1 N–H and O–H groups in total. The maximum atomic E-state index is 12.0. The van der Waals surface area contributed by atoms with E-state index in [1.165, 1.54) is 0 Å². The van der Waals surface area contributed by atoms with Crippen molar-refractivity contribution in [3.05, 3.63) is 11.6 Å². The molecule has 0 aromatic carbocycles. The van der Waals surface area contributed by atoms with E-state index in [9.17, 15) is 10.1 Å². The molecule has 5 nitrogen and oxygen atoms in total. The van der Waals surface area contributed by atoms with Gasteiger partial charge in [0.05, 0.1) is 12.7 Å².